The maximum atomic E-state index is 12.6. The van der Waals surface area contributed by atoms with E-state index in [1.54, 1.807) is 36.2 Å². The molecule has 6 nitrogen and oxygen atoms in total. The molecule has 0 aliphatic carbocycles. The maximum Gasteiger partial charge on any atom is 0.261 e. The van der Waals surface area contributed by atoms with Crippen LogP contribution in [-0.2, 0) is 6.54 Å². The minimum absolute atomic E-state index is 0.116. The molecular weight excluding hydrogens is 292 g/mol. The van der Waals surface area contributed by atoms with Gasteiger partial charge in [-0.15, -0.1) is 0 Å². The van der Waals surface area contributed by atoms with Crippen LogP contribution in [0.25, 0.3) is 21.9 Å². The number of rotatable bonds is 3. The summed E-state index contributed by atoms with van der Waals surface area (Å²) in [4.78, 5) is 24.7. The fourth-order valence-electron chi connectivity index (χ4n) is 2.62. The van der Waals surface area contributed by atoms with Gasteiger partial charge in [0.2, 0.25) is 0 Å². The largest absolute Gasteiger partial charge is 0.497 e. The maximum absolute atomic E-state index is 12.6. The molecule has 0 saturated carbocycles. The minimum Gasteiger partial charge on any atom is -0.497 e. The summed E-state index contributed by atoms with van der Waals surface area (Å²) in [6.45, 7) is 0.341. The number of aromatic amines is 1. The summed E-state index contributed by atoms with van der Waals surface area (Å²) in [6.07, 6.45) is 1.55. The number of para-hydroxylation sites is 2. The third kappa shape index (κ3) is 2.34. The van der Waals surface area contributed by atoms with Gasteiger partial charge in [-0.2, -0.15) is 0 Å². The zero-order chi connectivity index (χ0) is 15.8. The van der Waals surface area contributed by atoms with Gasteiger partial charge in [-0.05, 0) is 30.3 Å². The number of imidazole rings is 1. The highest BCUT2D eigenvalue weighted by atomic mass is 16.5. The molecule has 2 aromatic heterocycles. The van der Waals surface area contributed by atoms with Crippen molar-refractivity contribution in [3.8, 4) is 5.75 Å². The molecule has 0 amide bonds. The Hall–Kier alpha value is -3.15. The van der Waals surface area contributed by atoms with Crippen molar-refractivity contribution in [2.24, 2.45) is 0 Å². The molecule has 0 radical (unpaired) electrons. The number of methoxy groups -OCH3 is 1. The number of nitrogens with one attached hydrogen (secondary N) is 1. The van der Waals surface area contributed by atoms with Crippen molar-refractivity contribution < 1.29 is 4.74 Å². The van der Waals surface area contributed by atoms with Crippen LogP contribution in [0, 0.1) is 0 Å². The van der Waals surface area contributed by atoms with Crippen molar-refractivity contribution in [3.63, 3.8) is 0 Å². The van der Waals surface area contributed by atoms with Gasteiger partial charge in [0.25, 0.3) is 5.56 Å². The van der Waals surface area contributed by atoms with Crippen molar-refractivity contribution in [1.82, 2.24) is 19.5 Å². The Balaban J connectivity index is 1.79. The van der Waals surface area contributed by atoms with Crippen LogP contribution in [0.5, 0.6) is 5.75 Å². The molecular formula is C17H14N4O2. The smallest absolute Gasteiger partial charge is 0.261 e. The summed E-state index contributed by atoms with van der Waals surface area (Å²) in [5, 5.41) is 0.531. The number of aromatic nitrogens is 4. The summed E-state index contributed by atoms with van der Waals surface area (Å²) < 4.78 is 6.72. The molecule has 0 saturated heterocycles. The predicted octanol–water partition coefficient (Wildman–Crippen LogP) is 2.33. The van der Waals surface area contributed by atoms with Gasteiger partial charge in [-0.1, -0.05) is 12.1 Å². The van der Waals surface area contributed by atoms with E-state index < -0.39 is 0 Å². The molecule has 4 aromatic rings. The van der Waals surface area contributed by atoms with E-state index in [2.05, 4.69) is 15.0 Å². The lowest BCUT2D eigenvalue weighted by Crippen LogP contribution is -2.21. The monoisotopic (exact) mass is 306 g/mol. The Bertz CT molecular complexity index is 1030. The molecule has 23 heavy (non-hydrogen) atoms. The Labute approximate surface area is 131 Å². The molecule has 0 atom stereocenters. The van der Waals surface area contributed by atoms with Crippen LogP contribution in [-0.4, -0.2) is 26.6 Å². The van der Waals surface area contributed by atoms with Crippen LogP contribution in [0.15, 0.2) is 53.6 Å². The molecule has 114 valence electrons. The lowest BCUT2D eigenvalue weighted by molar-refractivity contribution is 0.415. The topological polar surface area (TPSA) is 72.8 Å². The predicted molar refractivity (Wildman–Crippen MR) is 87.8 cm³/mol. The number of benzene rings is 2. The zero-order valence-corrected chi connectivity index (χ0v) is 12.5. The van der Waals surface area contributed by atoms with Crippen molar-refractivity contribution >= 4 is 21.9 Å². The van der Waals surface area contributed by atoms with Gasteiger partial charge >= 0.3 is 0 Å². The summed E-state index contributed by atoms with van der Waals surface area (Å²) in [5.41, 5.74) is 2.36. The second-order valence-electron chi connectivity index (χ2n) is 5.26. The number of fused-ring (bicyclic) bond motifs is 2. The lowest BCUT2D eigenvalue weighted by Gasteiger charge is -2.06. The van der Waals surface area contributed by atoms with E-state index in [0.29, 0.717) is 23.2 Å². The van der Waals surface area contributed by atoms with Crippen LogP contribution in [0.2, 0.25) is 0 Å². The van der Waals surface area contributed by atoms with E-state index >= 15 is 0 Å². The second-order valence-corrected chi connectivity index (χ2v) is 5.26. The average molecular weight is 306 g/mol. The summed E-state index contributed by atoms with van der Waals surface area (Å²) in [6, 6.07) is 13.0. The van der Waals surface area contributed by atoms with Gasteiger partial charge in [0.05, 0.1) is 41.9 Å². The van der Waals surface area contributed by atoms with Crippen molar-refractivity contribution in [3.05, 3.63) is 65.0 Å². The minimum atomic E-state index is -0.116. The molecule has 0 bridgehead atoms. The van der Waals surface area contributed by atoms with Gasteiger partial charge in [0.1, 0.15) is 11.6 Å². The van der Waals surface area contributed by atoms with Gasteiger partial charge < -0.3 is 9.72 Å². The fourth-order valence-corrected chi connectivity index (χ4v) is 2.62. The zero-order valence-electron chi connectivity index (χ0n) is 12.5. The van der Waals surface area contributed by atoms with Crippen LogP contribution in [0.1, 0.15) is 5.82 Å². The van der Waals surface area contributed by atoms with Crippen LogP contribution in [0.4, 0.5) is 0 Å². The van der Waals surface area contributed by atoms with E-state index in [1.807, 2.05) is 24.3 Å². The first-order chi connectivity index (χ1) is 11.2. The molecule has 0 spiro atoms. The number of hydrogen-bond acceptors (Lipinski definition) is 4. The van der Waals surface area contributed by atoms with Gasteiger partial charge in [-0.25, -0.2) is 9.97 Å². The van der Waals surface area contributed by atoms with Crippen LogP contribution < -0.4 is 10.3 Å². The molecule has 2 heterocycles. The highest BCUT2D eigenvalue weighted by Crippen LogP contribution is 2.16. The fraction of sp³-hybridized carbons (Fsp3) is 0.118. The van der Waals surface area contributed by atoms with Crippen molar-refractivity contribution in [2.45, 2.75) is 6.54 Å². The van der Waals surface area contributed by atoms with Gasteiger partial charge in [-0.3, -0.25) is 9.36 Å². The van der Waals surface area contributed by atoms with Gasteiger partial charge in [0.15, 0.2) is 0 Å². The Morgan fingerprint density at radius 1 is 1.17 bits per heavy atom. The Morgan fingerprint density at radius 2 is 2.04 bits per heavy atom. The highest BCUT2D eigenvalue weighted by Gasteiger charge is 2.08. The van der Waals surface area contributed by atoms with E-state index in [0.717, 1.165) is 16.9 Å². The molecule has 0 aliphatic heterocycles. The molecule has 4 rings (SSSR count). The average Bonchev–Trinajstić information content (AvgIpc) is 2.99. The quantitative estimate of drug-likeness (QED) is 0.630. The number of hydrogen-bond donors (Lipinski definition) is 1. The first kappa shape index (κ1) is 13.5. The summed E-state index contributed by atoms with van der Waals surface area (Å²) in [7, 11) is 1.57. The van der Waals surface area contributed by atoms with Crippen molar-refractivity contribution in [1.29, 1.82) is 0 Å². The molecule has 1 N–H and O–H groups in total. The number of nitrogens with zero attached hydrogens (tertiary/aromatic N) is 3. The van der Waals surface area contributed by atoms with E-state index in [4.69, 9.17) is 4.74 Å². The van der Waals surface area contributed by atoms with E-state index in [-0.39, 0.29) is 5.56 Å². The standard InChI is InChI=1S/C17H14N4O2/c1-23-11-6-7-13-12(8-11)17(22)21(10-18-13)9-16-19-14-4-2-3-5-15(14)20-16/h2-8,10H,9H2,1H3,(H,19,20). The molecule has 0 aliphatic rings. The summed E-state index contributed by atoms with van der Waals surface area (Å²) in [5.74, 6) is 1.36. The molecule has 6 heteroatoms. The Kier molecular flexibility index (Phi) is 3.08. The first-order valence-electron chi connectivity index (χ1n) is 7.21. The van der Waals surface area contributed by atoms with Crippen molar-refractivity contribution in [2.75, 3.05) is 7.11 Å². The third-order valence-corrected chi connectivity index (χ3v) is 3.79. The lowest BCUT2D eigenvalue weighted by atomic mass is 10.2. The Morgan fingerprint density at radius 3 is 2.87 bits per heavy atom. The molecule has 2 aromatic carbocycles. The van der Waals surface area contributed by atoms with Crippen LogP contribution in [0.3, 0.4) is 0 Å². The first-order valence-corrected chi connectivity index (χ1v) is 7.21. The van der Waals surface area contributed by atoms with E-state index in [1.165, 1.54) is 0 Å². The third-order valence-electron chi connectivity index (χ3n) is 3.79. The number of ether oxygens (including phenoxy) is 1. The van der Waals surface area contributed by atoms with E-state index in [9.17, 15) is 4.79 Å². The van der Waals surface area contributed by atoms with Crippen LogP contribution >= 0.6 is 0 Å². The molecule has 0 unspecified atom stereocenters. The number of H-pyrrole nitrogens is 1. The normalized spacial score (nSPS) is 11.2. The summed E-state index contributed by atoms with van der Waals surface area (Å²) >= 11 is 0. The molecule has 0 fully saturated rings. The highest BCUT2D eigenvalue weighted by molar-refractivity contribution is 5.79. The SMILES string of the molecule is COc1ccc2ncn(Cc3nc4ccccc4[nH]3)c(=O)c2c1. The second kappa shape index (κ2) is 5.24. The van der Waals surface area contributed by atoms with Gasteiger partial charge in [0, 0.05) is 0 Å².